The summed E-state index contributed by atoms with van der Waals surface area (Å²) in [5.41, 5.74) is 4.99. The van der Waals surface area contributed by atoms with Gasteiger partial charge in [0.1, 0.15) is 5.75 Å². The number of hydrogen-bond donors (Lipinski definition) is 1. The zero-order valence-corrected chi connectivity index (χ0v) is 10.1. The maximum absolute atomic E-state index is 11.3. The Morgan fingerprint density at radius 1 is 1.28 bits per heavy atom. The van der Waals surface area contributed by atoms with Gasteiger partial charge in [-0.15, -0.1) is 0 Å². The Labute approximate surface area is 104 Å². The fourth-order valence-corrected chi connectivity index (χ4v) is 1.43. The minimum absolute atomic E-state index is 0.000229. The number of rotatable bonds is 6. The number of ether oxygens (including phenoxy) is 2. The summed E-state index contributed by atoms with van der Waals surface area (Å²) in [6.07, 6.45) is 0. The molecule has 0 aromatic heterocycles. The van der Waals surface area contributed by atoms with Gasteiger partial charge in [0.25, 0.3) is 5.91 Å². The quantitative estimate of drug-likeness (QED) is 0.611. The van der Waals surface area contributed by atoms with Gasteiger partial charge in [-0.2, -0.15) is 0 Å². The van der Waals surface area contributed by atoms with Crippen molar-refractivity contribution in [2.45, 2.75) is 13.8 Å². The van der Waals surface area contributed by atoms with Crippen molar-refractivity contribution in [3.05, 3.63) is 27.8 Å². The van der Waals surface area contributed by atoms with Crippen molar-refractivity contribution >= 4 is 11.6 Å². The third-order valence-electron chi connectivity index (χ3n) is 2.12. The van der Waals surface area contributed by atoms with Crippen LogP contribution in [0.2, 0.25) is 0 Å². The molecule has 1 rings (SSSR count). The molecule has 0 aliphatic heterocycles. The monoisotopic (exact) mass is 254 g/mol. The lowest BCUT2D eigenvalue weighted by Gasteiger charge is -2.10. The molecule has 0 heterocycles. The van der Waals surface area contributed by atoms with Gasteiger partial charge in [-0.1, -0.05) is 0 Å². The highest BCUT2D eigenvalue weighted by molar-refractivity contribution is 5.96. The predicted octanol–water partition coefficient (Wildman–Crippen LogP) is 1.49. The summed E-state index contributed by atoms with van der Waals surface area (Å²) in [6.45, 7) is 3.90. The second kappa shape index (κ2) is 5.85. The van der Waals surface area contributed by atoms with Crippen LogP contribution in [0.25, 0.3) is 0 Å². The van der Waals surface area contributed by atoms with E-state index in [0.717, 1.165) is 6.07 Å². The molecule has 0 unspecified atom stereocenters. The van der Waals surface area contributed by atoms with Gasteiger partial charge >= 0.3 is 5.69 Å². The van der Waals surface area contributed by atoms with E-state index in [0.29, 0.717) is 0 Å². The number of amides is 1. The van der Waals surface area contributed by atoms with Crippen LogP contribution < -0.4 is 15.2 Å². The van der Waals surface area contributed by atoms with Gasteiger partial charge in [0.05, 0.1) is 29.8 Å². The topological polar surface area (TPSA) is 105 Å². The minimum Gasteiger partial charge on any atom is -0.493 e. The Kier molecular flexibility index (Phi) is 4.47. The lowest BCUT2D eigenvalue weighted by molar-refractivity contribution is -0.385. The van der Waals surface area contributed by atoms with Crippen LogP contribution in [0.5, 0.6) is 11.5 Å². The molecule has 0 spiro atoms. The molecule has 18 heavy (non-hydrogen) atoms. The maximum atomic E-state index is 11.3. The van der Waals surface area contributed by atoms with Crippen LogP contribution in [-0.2, 0) is 0 Å². The number of nitrogens with two attached hydrogens (primary N) is 1. The van der Waals surface area contributed by atoms with Crippen molar-refractivity contribution < 1.29 is 19.2 Å². The molecule has 0 bridgehead atoms. The first-order valence-electron chi connectivity index (χ1n) is 5.39. The van der Waals surface area contributed by atoms with Crippen LogP contribution >= 0.6 is 0 Å². The van der Waals surface area contributed by atoms with Crippen LogP contribution in [0.1, 0.15) is 24.2 Å². The molecule has 7 heteroatoms. The van der Waals surface area contributed by atoms with E-state index in [1.165, 1.54) is 6.07 Å². The van der Waals surface area contributed by atoms with Gasteiger partial charge in [-0.25, -0.2) is 0 Å². The van der Waals surface area contributed by atoms with Crippen LogP contribution in [0.15, 0.2) is 12.1 Å². The van der Waals surface area contributed by atoms with E-state index in [-0.39, 0.29) is 36.0 Å². The number of carbonyl (C=O) groups excluding carboxylic acids is 1. The van der Waals surface area contributed by atoms with E-state index in [9.17, 15) is 14.9 Å². The molecule has 1 aromatic carbocycles. The van der Waals surface area contributed by atoms with Crippen molar-refractivity contribution in [2.24, 2.45) is 5.73 Å². The smallest absolute Gasteiger partial charge is 0.314 e. The van der Waals surface area contributed by atoms with Crippen molar-refractivity contribution in [3.8, 4) is 11.5 Å². The highest BCUT2D eigenvalue weighted by atomic mass is 16.6. The molecule has 1 aromatic rings. The number of nitro benzene ring substituents is 1. The molecule has 1 amide bonds. The number of hydrogen-bond acceptors (Lipinski definition) is 5. The zero-order valence-electron chi connectivity index (χ0n) is 10.1. The standard InChI is InChI=1S/C11H14N2O5/c1-3-17-9-6-8(13(15)16)10(18-4-2)5-7(9)11(12)14/h5-6H,3-4H2,1-2H3,(H2,12,14). The Balaban J connectivity index is 3.39. The second-order valence-corrected chi connectivity index (χ2v) is 3.30. The maximum Gasteiger partial charge on any atom is 0.314 e. The van der Waals surface area contributed by atoms with Gasteiger partial charge in [0.15, 0.2) is 5.75 Å². The number of carbonyl (C=O) groups is 1. The average molecular weight is 254 g/mol. The molecule has 98 valence electrons. The van der Waals surface area contributed by atoms with Gasteiger partial charge in [0, 0.05) is 6.07 Å². The van der Waals surface area contributed by atoms with Gasteiger partial charge < -0.3 is 15.2 Å². The average Bonchev–Trinajstić information content (AvgIpc) is 2.30. The fourth-order valence-electron chi connectivity index (χ4n) is 1.43. The van der Waals surface area contributed by atoms with E-state index < -0.39 is 10.8 Å². The molecule has 0 saturated heterocycles. The summed E-state index contributed by atoms with van der Waals surface area (Å²) in [4.78, 5) is 21.5. The van der Waals surface area contributed by atoms with E-state index in [2.05, 4.69) is 0 Å². The van der Waals surface area contributed by atoms with Crippen LogP contribution in [0.3, 0.4) is 0 Å². The van der Waals surface area contributed by atoms with Crippen LogP contribution in [0, 0.1) is 10.1 Å². The lowest BCUT2D eigenvalue weighted by Crippen LogP contribution is -2.14. The van der Waals surface area contributed by atoms with Crippen LogP contribution in [-0.4, -0.2) is 24.0 Å². The highest BCUT2D eigenvalue weighted by Crippen LogP contribution is 2.34. The molecule has 0 saturated carbocycles. The van der Waals surface area contributed by atoms with E-state index >= 15 is 0 Å². The molecule has 7 nitrogen and oxygen atoms in total. The number of primary amides is 1. The summed E-state index contributed by atoms with van der Waals surface area (Å²) in [7, 11) is 0. The van der Waals surface area contributed by atoms with Crippen molar-refractivity contribution in [1.82, 2.24) is 0 Å². The van der Waals surface area contributed by atoms with E-state index in [1.54, 1.807) is 13.8 Å². The molecular formula is C11H14N2O5. The normalized spacial score (nSPS) is 9.89. The Morgan fingerprint density at radius 3 is 2.28 bits per heavy atom. The first kappa shape index (κ1) is 13.8. The molecule has 0 aliphatic carbocycles. The minimum atomic E-state index is -0.727. The molecule has 2 N–H and O–H groups in total. The SMILES string of the molecule is CCOc1cc([N+](=O)[O-])c(OCC)cc1C(N)=O. The summed E-state index contributed by atoms with van der Waals surface area (Å²) in [5, 5.41) is 10.9. The highest BCUT2D eigenvalue weighted by Gasteiger charge is 2.22. The summed E-state index contributed by atoms with van der Waals surface area (Å²) < 4.78 is 10.3. The zero-order chi connectivity index (χ0) is 13.7. The van der Waals surface area contributed by atoms with E-state index in [4.69, 9.17) is 15.2 Å². The van der Waals surface area contributed by atoms with Crippen molar-refractivity contribution in [3.63, 3.8) is 0 Å². The Bertz CT molecular complexity index is 429. The number of benzene rings is 1. The largest absolute Gasteiger partial charge is 0.493 e. The molecule has 0 atom stereocenters. The van der Waals surface area contributed by atoms with Gasteiger partial charge in [-0.05, 0) is 13.8 Å². The molecule has 0 aliphatic rings. The van der Waals surface area contributed by atoms with Crippen molar-refractivity contribution in [1.29, 1.82) is 0 Å². The van der Waals surface area contributed by atoms with Crippen LogP contribution in [0.4, 0.5) is 5.69 Å². The van der Waals surface area contributed by atoms with Gasteiger partial charge in [-0.3, -0.25) is 14.9 Å². The predicted molar refractivity (Wildman–Crippen MR) is 64.0 cm³/mol. The summed E-state index contributed by atoms with van der Waals surface area (Å²) in [5.74, 6) is -0.644. The molecule has 0 radical (unpaired) electrons. The number of nitrogens with zero attached hydrogens (tertiary/aromatic N) is 1. The van der Waals surface area contributed by atoms with Gasteiger partial charge in [0.2, 0.25) is 0 Å². The lowest BCUT2D eigenvalue weighted by atomic mass is 10.1. The molecule has 0 fully saturated rings. The van der Waals surface area contributed by atoms with E-state index in [1.807, 2.05) is 0 Å². The summed E-state index contributed by atoms with van der Waals surface area (Å²) in [6, 6.07) is 2.38. The Hall–Kier alpha value is -2.31. The fraction of sp³-hybridized carbons (Fsp3) is 0.364. The third kappa shape index (κ3) is 2.88. The number of nitro groups is 1. The second-order valence-electron chi connectivity index (χ2n) is 3.30. The third-order valence-corrected chi connectivity index (χ3v) is 2.12. The first-order valence-corrected chi connectivity index (χ1v) is 5.39. The van der Waals surface area contributed by atoms with Crippen molar-refractivity contribution in [2.75, 3.05) is 13.2 Å². The summed E-state index contributed by atoms with van der Waals surface area (Å²) >= 11 is 0. The Morgan fingerprint density at radius 2 is 1.83 bits per heavy atom. The first-order chi connectivity index (χ1) is 8.51. The molecular weight excluding hydrogens is 240 g/mol.